The van der Waals surface area contributed by atoms with E-state index in [1.165, 1.54) is 12.8 Å². The lowest BCUT2D eigenvalue weighted by Gasteiger charge is -2.01. The van der Waals surface area contributed by atoms with E-state index in [4.69, 9.17) is 5.11 Å². The summed E-state index contributed by atoms with van der Waals surface area (Å²) >= 11 is 0. The van der Waals surface area contributed by atoms with Crippen LogP contribution < -0.4 is 0 Å². The van der Waals surface area contributed by atoms with Gasteiger partial charge in [0.2, 0.25) is 0 Å². The highest BCUT2D eigenvalue weighted by Crippen LogP contribution is 2.62. The lowest BCUT2D eigenvalue weighted by atomic mass is 10.1. The van der Waals surface area contributed by atoms with E-state index in [0.717, 1.165) is 12.3 Å². The van der Waals surface area contributed by atoms with Crippen molar-refractivity contribution in [2.24, 2.45) is 17.3 Å². The van der Waals surface area contributed by atoms with Crippen molar-refractivity contribution in [2.75, 3.05) is 0 Å². The molecule has 0 amide bonds. The molecule has 0 aromatic carbocycles. The average Bonchev–Trinajstić information content (AvgIpc) is 2.57. The summed E-state index contributed by atoms with van der Waals surface area (Å²) < 4.78 is 0. The lowest BCUT2D eigenvalue weighted by Crippen LogP contribution is -2.13. The maximum Gasteiger partial charge on any atom is 0.309 e. The van der Waals surface area contributed by atoms with Gasteiger partial charge in [0, 0.05) is 0 Å². The van der Waals surface area contributed by atoms with Crippen LogP contribution in [0.5, 0.6) is 0 Å². The number of hydrogen-bond donors (Lipinski definition) is 1. The van der Waals surface area contributed by atoms with E-state index >= 15 is 0 Å². The first-order valence-corrected chi connectivity index (χ1v) is 3.88. The van der Waals surface area contributed by atoms with Crippen molar-refractivity contribution in [3.63, 3.8) is 0 Å². The zero-order chi connectivity index (χ0) is 7.35. The van der Waals surface area contributed by atoms with E-state index in [0.29, 0.717) is 5.92 Å². The molecule has 0 unspecified atom stereocenters. The van der Waals surface area contributed by atoms with Crippen LogP contribution in [-0.2, 0) is 4.79 Å². The van der Waals surface area contributed by atoms with Crippen LogP contribution in [0.15, 0.2) is 0 Å². The maximum absolute atomic E-state index is 10.6. The van der Waals surface area contributed by atoms with Gasteiger partial charge in [0.25, 0.3) is 0 Å². The van der Waals surface area contributed by atoms with Crippen molar-refractivity contribution in [1.82, 2.24) is 0 Å². The predicted octanol–water partition coefficient (Wildman–Crippen LogP) is 1.51. The van der Waals surface area contributed by atoms with Gasteiger partial charge < -0.3 is 5.11 Å². The summed E-state index contributed by atoms with van der Waals surface area (Å²) in [5.74, 6) is 0.690. The fourth-order valence-corrected chi connectivity index (χ4v) is 1.83. The van der Waals surface area contributed by atoms with Gasteiger partial charge in [-0.25, -0.2) is 0 Å². The molecule has 2 rings (SSSR count). The van der Waals surface area contributed by atoms with E-state index in [1.54, 1.807) is 0 Å². The van der Waals surface area contributed by atoms with Gasteiger partial charge in [-0.15, -0.1) is 0 Å². The molecule has 0 aliphatic heterocycles. The summed E-state index contributed by atoms with van der Waals surface area (Å²) in [7, 11) is 0. The van der Waals surface area contributed by atoms with Gasteiger partial charge in [-0.1, -0.05) is 0 Å². The zero-order valence-electron chi connectivity index (χ0n) is 6.13. The van der Waals surface area contributed by atoms with Crippen molar-refractivity contribution < 1.29 is 9.90 Å². The van der Waals surface area contributed by atoms with Crippen LogP contribution in [0.1, 0.15) is 26.2 Å². The Labute approximate surface area is 60.2 Å². The number of carboxylic acid groups (broad SMARTS) is 1. The van der Waals surface area contributed by atoms with Crippen molar-refractivity contribution in [3.8, 4) is 0 Å². The molecule has 0 saturated heterocycles. The number of carboxylic acids is 1. The normalized spacial score (nSPS) is 45.1. The maximum atomic E-state index is 10.6. The molecule has 0 aromatic heterocycles. The van der Waals surface area contributed by atoms with Crippen LogP contribution in [-0.4, -0.2) is 11.1 Å². The molecular formula is C8H12O2. The molecule has 0 radical (unpaired) electrons. The van der Waals surface area contributed by atoms with Gasteiger partial charge in [0.05, 0.1) is 5.41 Å². The monoisotopic (exact) mass is 140 g/mol. The molecule has 0 spiro atoms. The molecule has 0 bridgehead atoms. The van der Waals surface area contributed by atoms with Crippen LogP contribution >= 0.6 is 0 Å². The highest BCUT2D eigenvalue weighted by molar-refractivity contribution is 5.78. The predicted molar refractivity (Wildman–Crippen MR) is 36.6 cm³/mol. The summed E-state index contributed by atoms with van der Waals surface area (Å²) in [6.07, 6.45) is 3.47. The molecule has 2 atom stereocenters. The molecule has 1 N–H and O–H groups in total. The van der Waals surface area contributed by atoms with Crippen LogP contribution in [0, 0.1) is 17.3 Å². The summed E-state index contributed by atoms with van der Waals surface area (Å²) in [6.45, 7) is 1.87. The number of aliphatic carboxylic acids is 1. The molecule has 0 heterocycles. The van der Waals surface area contributed by atoms with Crippen LogP contribution in [0.4, 0.5) is 0 Å². The van der Waals surface area contributed by atoms with Crippen molar-refractivity contribution in [2.45, 2.75) is 26.2 Å². The third-order valence-corrected chi connectivity index (χ3v) is 2.98. The van der Waals surface area contributed by atoms with Crippen molar-refractivity contribution >= 4 is 5.97 Å². The minimum absolute atomic E-state index is 0.332. The second-order valence-electron chi connectivity index (χ2n) is 3.87. The van der Waals surface area contributed by atoms with Gasteiger partial charge in [-0.3, -0.25) is 4.79 Å². The van der Waals surface area contributed by atoms with Crippen molar-refractivity contribution in [3.05, 3.63) is 0 Å². The molecule has 2 aliphatic rings. The van der Waals surface area contributed by atoms with Crippen LogP contribution in [0.3, 0.4) is 0 Å². The molecule has 10 heavy (non-hydrogen) atoms. The Morgan fingerprint density at radius 2 is 2.20 bits per heavy atom. The minimum Gasteiger partial charge on any atom is -0.481 e. The Morgan fingerprint density at radius 3 is 2.50 bits per heavy atom. The first-order chi connectivity index (χ1) is 4.64. The lowest BCUT2D eigenvalue weighted by molar-refractivity contribution is -0.143. The van der Waals surface area contributed by atoms with Crippen molar-refractivity contribution in [1.29, 1.82) is 0 Å². The Bertz CT molecular complexity index is 184. The highest BCUT2D eigenvalue weighted by Gasteiger charge is 2.61. The Kier molecular flexibility index (Phi) is 0.960. The number of hydrogen-bond acceptors (Lipinski definition) is 1. The smallest absolute Gasteiger partial charge is 0.309 e. The van der Waals surface area contributed by atoms with Gasteiger partial charge >= 0.3 is 5.97 Å². The first kappa shape index (κ1) is 6.20. The fraction of sp³-hybridized carbons (Fsp3) is 0.875. The quantitative estimate of drug-likeness (QED) is 0.631. The summed E-state index contributed by atoms with van der Waals surface area (Å²) in [4.78, 5) is 10.6. The fourth-order valence-electron chi connectivity index (χ4n) is 1.83. The van der Waals surface area contributed by atoms with Gasteiger partial charge in [-0.05, 0) is 38.0 Å². The Morgan fingerprint density at radius 1 is 1.60 bits per heavy atom. The second-order valence-corrected chi connectivity index (χ2v) is 3.87. The van der Waals surface area contributed by atoms with Gasteiger partial charge in [-0.2, -0.15) is 0 Å². The Balaban J connectivity index is 2.02. The van der Waals surface area contributed by atoms with Crippen LogP contribution in [0.2, 0.25) is 0 Å². The molecular weight excluding hydrogens is 128 g/mol. The molecule has 2 saturated carbocycles. The summed E-state index contributed by atoms with van der Waals surface area (Å²) in [5, 5.41) is 8.76. The minimum atomic E-state index is -0.593. The molecule has 0 aromatic rings. The average molecular weight is 140 g/mol. The molecule has 2 aliphatic carbocycles. The van der Waals surface area contributed by atoms with Gasteiger partial charge in [0.15, 0.2) is 0 Å². The molecule has 2 fully saturated rings. The Hall–Kier alpha value is -0.530. The zero-order valence-corrected chi connectivity index (χ0v) is 6.13. The molecule has 56 valence electrons. The van der Waals surface area contributed by atoms with E-state index < -0.39 is 5.97 Å². The first-order valence-electron chi connectivity index (χ1n) is 3.88. The highest BCUT2D eigenvalue weighted by atomic mass is 16.4. The van der Waals surface area contributed by atoms with E-state index in [9.17, 15) is 4.79 Å². The van der Waals surface area contributed by atoms with E-state index in [-0.39, 0.29) is 5.41 Å². The summed E-state index contributed by atoms with van der Waals surface area (Å²) in [6, 6.07) is 0. The third-order valence-electron chi connectivity index (χ3n) is 2.98. The SMILES string of the molecule is C[C@@]1(C(=O)O)C[C@H]1C1CC1. The molecule has 2 nitrogen and oxygen atoms in total. The standard InChI is InChI=1S/C8H12O2/c1-8(7(9)10)4-6(8)5-2-3-5/h5-6H,2-4H2,1H3,(H,9,10)/t6-,8+/m0/s1. The number of carbonyl (C=O) groups is 1. The largest absolute Gasteiger partial charge is 0.481 e. The third kappa shape index (κ3) is 0.678. The summed E-state index contributed by atoms with van der Waals surface area (Å²) in [5.41, 5.74) is -0.332. The topological polar surface area (TPSA) is 37.3 Å². The number of rotatable bonds is 2. The molecule has 2 heteroatoms. The van der Waals surface area contributed by atoms with E-state index in [1.807, 2.05) is 6.92 Å². The van der Waals surface area contributed by atoms with Crippen LogP contribution in [0.25, 0.3) is 0 Å². The van der Waals surface area contributed by atoms with E-state index in [2.05, 4.69) is 0 Å². The van der Waals surface area contributed by atoms with Gasteiger partial charge in [0.1, 0.15) is 0 Å². The second kappa shape index (κ2) is 1.55.